The molecule has 0 fully saturated rings. The van der Waals surface area contributed by atoms with E-state index in [1.807, 2.05) is 25.1 Å². The monoisotopic (exact) mass is 412 g/mol. The second kappa shape index (κ2) is 10.4. The van der Waals surface area contributed by atoms with Crippen LogP contribution in [0, 0.1) is 18.3 Å². The standard InChI is InChI=1S/C23H28N2O5/c1-14(2)16-8-7-15(3)19(9-16)30-13-22(26)25-18(12-24)17-10-20(27-4)23(29-6)21(11-17)28-5/h7-11,14,18H,13H2,1-6H3,(H,25,26). The van der Waals surface area contributed by atoms with Crippen molar-refractivity contribution in [1.29, 1.82) is 5.26 Å². The van der Waals surface area contributed by atoms with Gasteiger partial charge in [0.1, 0.15) is 11.8 Å². The van der Waals surface area contributed by atoms with E-state index >= 15 is 0 Å². The quantitative estimate of drug-likeness (QED) is 0.672. The Kier molecular flexibility index (Phi) is 7.93. The van der Waals surface area contributed by atoms with Crippen molar-refractivity contribution in [3.8, 4) is 29.1 Å². The largest absolute Gasteiger partial charge is 0.493 e. The number of hydrogen-bond acceptors (Lipinski definition) is 6. The Morgan fingerprint density at radius 2 is 1.60 bits per heavy atom. The molecule has 2 rings (SSSR count). The Morgan fingerprint density at radius 1 is 1.00 bits per heavy atom. The third-order valence-electron chi connectivity index (χ3n) is 4.69. The first-order valence-electron chi connectivity index (χ1n) is 9.56. The van der Waals surface area contributed by atoms with Crippen LogP contribution in [0.2, 0.25) is 0 Å². The minimum absolute atomic E-state index is 0.203. The maximum atomic E-state index is 12.4. The lowest BCUT2D eigenvalue weighted by Crippen LogP contribution is -2.32. The summed E-state index contributed by atoms with van der Waals surface area (Å²) in [6.07, 6.45) is 0. The third-order valence-corrected chi connectivity index (χ3v) is 4.69. The van der Waals surface area contributed by atoms with Gasteiger partial charge < -0.3 is 24.3 Å². The van der Waals surface area contributed by atoms with Crippen LogP contribution in [-0.2, 0) is 4.79 Å². The van der Waals surface area contributed by atoms with E-state index in [0.717, 1.165) is 11.1 Å². The molecule has 160 valence electrons. The van der Waals surface area contributed by atoms with Crippen LogP contribution in [0.15, 0.2) is 30.3 Å². The molecule has 1 N–H and O–H groups in total. The number of rotatable bonds is 9. The predicted molar refractivity (Wildman–Crippen MR) is 113 cm³/mol. The van der Waals surface area contributed by atoms with E-state index in [1.165, 1.54) is 21.3 Å². The number of carbonyl (C=O) groups is 1. The molecule has 1 unspecified atom stereocenters. The highest BCUT2D eigenvalue weighted by Crippen LogP contribution is 2.39. The lowest BCUT2D eigenvalue weighted by atomic mass is 10.0. The molecule has 30 heavy (non-hydrogen) atoms. The lowest BCUT2D eigenvalue weighted by Gasteiger charge is -2.18. The third kappa shape index (κ3) is 5.35. The van der Waals surface area contributed by atoms with Gasteiger partial charge in [-0.25, -0.2) is 0 Å². The number of nitrogens with one attached hydrogen (secondary N) is 1. The molecule has 0 aliphatic carbocycles. The van der Waals surface area contributed by atoms with Crippen molar-refractivity contribution in [2.45, 2.75) is 32.7 Å². The van der Waals surface area contributed by atoms with Gasteiger partial charge in [-0.1, -0.05) is 26.0 Å². The molecule has 7 heteroatoms. The van der Waals surface area contributed by atoms with Crippen LogP contribution < -0.4 is 24.3 Å². The fourth-order valence-corrected chi connectivity index (χ4v) is 2.94. The van der Waals surface area contributed by atoms with E-state index in [4.69, 9.17) is 18.9 Å². The zero-order valence-corrected chi connectivity index (χ0v) is 18.2. The summed E-state index contributed by atoms with van der Waals surface area (Å²) in [5.41, 5.74) is 2.58. The molecule has 0 aliphatic rings. The fraction of sp³-hybridized carbons (Fsp3) is 0.391. The van der Waals surface area contributed by atoms with Crippen molar-refractivity contribution in [2.24, 2.45) is 0 Å². The van der Waals surface area contributed by atoms with Crippen LogP contribution in [-0.4, -0.2) is 33.8 Å². The highest BCUT2D eigenvalue weighted by atomic mass is 16.5. The van der Waals surface area contributed by atoms with Crippen LogP contribution in [0.5, 0.6) is 23.0 Å². The summed E-state index contributed by atoms with van der Waals surface area (Å²) in [5, 5.41) is 12.3. The summed E-state index contributed by atoms with van der Waals surface area (Å²) in [5.74, 6) is 1.81. The molecule has 0 aliphatic heterocycles. The molecule has 7 nitrogen and oxygen atoms in total. The van der Waals surface area contributed by atoms with Gasteiger partial charge in [-0.3, -0.25) is 4.79 Å². The highest BCUT2D eigenvalue weighted by molar-refractivity contribution is 5.78. The Bertz CT molecular complexity index is 909. The van der Waals surface area contributed by atoms with Gasteiger partial charge in [0.15, 0.2) is 18.1 Å². The Morgan fingerprint density at radius 3 is 2.10 bits per heavy atom. The second-order valence-electron chi connectivity index (χ2n) is 7.06. The molecule has 0 spiro atoms. The Balaban J connectivity index is 2.14. The van der Waals surface area contributed by atoms with Gasteiger partial charge in [0, 0.05) is 0 Å². The summed E-state index contributed by atoms with van der Waals surface area (Å²) >= 11 is 0. The van der Waals surface area contributed by atoms with Crippen molar-refractivity contribution < 1.29 is 23.7 Å². The van der Waals surface area contributed by atoms with Crippen LogP contribution in [0.1, 0.15) is 42.5 Å². The average Bonchev–Trinajstić information content (AvgIpc) is 2.75. The highest BCUT2D eigenvalue weighted by Gasteiger charge is 2.20. The second-order valence-corrected chi connectivity index (χ2v) is 7.06. The number of hydrogen-bond donors (Lipinski definition) is 1. The van der Waals surface area contributed by atoms with Gasteiger partial charge in [0.2, 0.25) is 5.75 Å². The molecule has 2 aromatic rings. The van der Waals surface area contributed by atoms with Crippen LogP contribution >= 0.6 is 0 Å². The molecule has 0 aromatic heterocycles. The minimum Gasteiger partial charge on any atom is -0.493 e. The smallest absolute Gasteiger partial charge is 0.259 e. The van der Waals surface area contributed by atoms with Gasteiger partial charge in [-0.2, -0.15) is 5.26 Å². The number of nitrogens with zero attached hydrogens (tertiary/aromatic N) is 1. The maximum absolute atomic E-state index is 12.4. The van der Waals surface area contributed by atoms with E-state index < -0.39 is 11.9 Å². The molecule has 0 radical (unpaired) electrons. The van der Waals surface area contributed by atoms with E-state index in [1.54, 1.807) is 12.1 Å². The van der Waals surface area contributed by atoms with E-state index in [-0.39, 0.29) is 6.61 Å². The van der Waals surface area contributed by atoms with Crippen LogP contribution in [0.3, 0.4) is 0 Å². The van der Waals surface area contributed by atoms with Crippen molar-refractivity contribution in [2.75, 3.05) is 27.9 Å². The number of benzene rings is 2. The zero-order valence-electron chi connectivity index (χ0n) is 18.2. The van der Waals surface area contributed by atoms with Crippen LogP contribution in [0.25, 0.3) is 0 Å². The first-order valence-corrected chi connectivity index (χ1v) is 9.56. The number of carbonyl (C=O) groups excluding carboxylic acids is 1. The predicted octanol–water partition coefficient (Wildman–Crippen LogP) is 3.90. The summed E-state index contributed by atoms with van der Waals surface area (Å²) in [6, 6.07) is 10.4. The van der Waals surface area contributed by atoms with Crippen molar-refractivity contribution >= 4 is 5.91 Å². The minimum atomic E-state index is -0.905. The van der Waals surface area contributed by atoms with E-state index in [0.29, 0.717) is 34.5 Å². The van der Waals surface area contributed by atoms with Crippen LogP contribution in [0.4, 0.5) is 0 Å². The van der Waals surface area contributed by atoms with Crippen molar-refractivity contribution in [3.63, 3.8) is 0 Å². The number of amides is 1. The lowest BCUT2D eigenvalue weighted by molar-refractivity contribution is -0.123. The first-order chi connectivity index (χ1) is 14.3. The molecule has 2 aromatic carbocycles. The summed E-state index contributed by atoms with van der Waals surface area (Å²) < 4.78 is 21.6. The molecule has 1 amide bonds. The van der Waals surface area contributed by atoms with Gasteiger partial charge in [-0.15, -0.1) is 0 Å². The van der Waals surface area contributed by atoms with Gasteiger partial charge in [0.05, 0.1) is 27.4 Å². The maximum Gasteiger partial charge on any atom is 0.259 e. The van der Waals surface area contributed by atoms with Crippen molar-refractivity contribution in [1.82, 2.24) is 5.32 Å². The van der Waals surface area contributed by atoms with E-state index in [2.05, 4.69) is 25.2 Å². The topological polar surface area (TPSA) is 89.8 Å². The Labute approximate surface area is 177 Å². The zero-order chi connectivity index (χ0) is 22.3. The summed E-state index contributed by atoms with van der Waals surface area (Å²) in [4.78, 5) is 12.4. The van der Waals surface area contributed by atoms with Crippen molar-refractivity contribution in [3.05, 3.63) is 47.0 Å². The molecule has 1 atom stereocenters. The number of nitriles is 1. The average molecular weight is 412 g/mol. The van der Waals surface area contributed by atoms with Gasteiger partial charge in [-0.05, 0) is 47.7 Å². The molecular weight excluding hydrogens is 384 g/mol. The fourth-order valence-electron chi connectivity index (χ4n) is 2.94. The molecule has 0 heterocycles. The van der Waals surface area contributed by atoms with E-state index in [9.17, 15) is 10.1 Å². The van der Waals surface area contributed by atoms with Gasteiger partial charge in [0.25, 0.3) is 5.91 Å². The number of methoxy groups -OCH3 is 3. The SMILES string of the molecule is COc1cc(C(C#N)NC(=O)COc2cc(C(C)C)ccc2C)cc(OC)c1OC. The number of ether oxygens (including phenoxy) is 4. The molecule has 0 saturated carbocycles. The summed E-state index contributed by atoms with van der Waals surface area (Å²) in [7, 11) is 4.47. The molecular formula is C23H28N2O5. The first kappa shape index (κ1) is 22.9. The summed E-state index contributed by atoms with van der Waals surface area (Å²) in [6.45, 7) is 5.91. The van der Waals surface area contributed by atoms with Gasteiger partial charge >= 0.3 is 0 Å². The molecule has 0 bridgehead atoms. The normalized spacial score (nSPS) is 11.4. The number of aryl methyl sites for hydroxylation is 1. The Hall–Kier alpha value is -3.40. The molecule has 0 saturated heterocycles.